The Bertz CT molecular complexity index is 595. The highest BCUT2D eigenvalue weighted by molar-refractivity contribution is 7.80. The van der Waals surface area contributed by atoms with Crippen molar-refractivity contribution in [2.75, 3.05) is 31.1 Å². The lowest BCUT2D eigenvalue weighted by Gasteiger charge is -2.37. The number of rotatable bonds is 3. The predicted molar refractivity (Wildman–Crippen MR) is 88.9 cm³/mol. The number of ketones is 1. The van der Waals surface area contributed by atoms with Crippen molar-refractivity contribution in [3.63, 3.8) is 0 Å². The zero-order valence-electron chi connectivity index (χ0n) is 12.6. The number of nitrogens with one attached hydrogen (secondary N) is 1. The van der Waals surface area contributed by atoms with Gasteiger partial charge in [-0.05, 0) is 50.2 Å². The third kappa shape index (κ3) is 3.38. The molecule has 1 aliphatic carbocycles. The first-order valence-electron chi connectivity index (χ1n) is 7.65. The Morgan fingerprint density at radius 3 is 2.50 bits per heavy atom. The molecule has 118 valence electrons. The number of carbonyl (C=O) groups excluding carboxylic acids is 1. The van der Waals surface area contributed by atoms with E-state index in [4.69, 9.17) is 12.2 Å². The Balaban J connectivity index is 1.61. The van der Waals surface area contributed by atoms with E-state index in [0.29, 0.717) is 17.3 Å². The lowest BCUT2D eigenvalue weighted by atomic mass is 10.1. The highest BCUT2D eigenvalue weighted by atomic mass is 32.1. The molecule has 1 aliphatic heterocycles. The molecule has 1 aromatic carbocycles. The summed E-state index contributed by atoms with van der Waals surface area (Å²) in [7, 11) is 0. The van der Waals surface area contributed by atoms with Crippen LogP contribution in [0.5, 0.6) is 0 Å². The van der Waals surface area contributed by atoms with Crippen LogP contribution in [0.3, 0.4) is 0 Å². The topological polar surface area (TPSA) is 35.6 Å². The number of piperazine rings is 1. The number of anilines is 1. The van der Waals surface area contributed by atoms with Crippen molar-refractivity contribution in [3.8, 4) is 0 Å². The molecule has 0 aromatic heterocycles. The Labute approximate surface area is 135 Å². The van der Waals surface area contributed by atoms with Gasteiger partial charge in [0.15, 0.2) is 10.9 Å². The van der Waals surface area contributed by atoms with Gasteiger partial charge in [0.05, 0.1) is 5.69 Å². The summed E-state index contributed by atoms with van der Waals surface area (Å²) < 4.78 is 14.2. The second-order valence-electron chi connectivity index (χ2n) is 5.92. The van der Waals surface area contributed by atoms with E-state index in [1.54, 1.807) is 12.1 Å². The molecule has 0 amide bonds. The first-order chi connectivity index (χ1) is 10.5. The summed E-state index contributed by atoms with van der Waals surface area (Å²) in [6.45, 7) is 4.46. The van der Waals surface area contributed by atoms with Gasteiger partial charge in [-0.1, -0.05) is 0 Å². The van der Waals surface area contributed by atoms with Crippen LogP contribution in [0.1, 0.15) is 30.1 Å². The smallest absolute Gasteiger partial charge is 0.169 e. The molecule has 0 bridgehead atoms. The fourth-order valence-corrected chi connectivity index (χ4v) is 2.98. The average Bonchev–Trinajstić information content (AvgIpc) is 3.31. The van der Waals surface area contributed by atoms with Crippen LogP contribution in [-0.2, 0) is 0 Å². The molecule has 0 unspecified atom stereocenters. The Morgan fingerprint density at radius 1 is 1.27 bits per heavy atom. The number of Topliss-reactive ketones (excluding diaryl/α,β-unsaturated/α-hetero) is 1. The maximum absolute atomic E-state index is 14.2. The number of halogens is 1. The van der Waals surface area contributed by atoms with Crippen LogP contribution in [-0.4, -0.2) is 48.0 Å². The molecule has 0 spiro atoms. The monoisotopic (exact) mass is 321 g/mol. The molecule has 1 heterocycles. The maximum atomic E-state index is 14.2. The molecule has 2 aliphatic rings. The first-order valence-corrected chi connectivity index (χ1v) is 8.06. The highest BCUT2D eigenvalue weighted by Crippen LogP contribution is 2.23. The van der Waals surface area contributed by atoms with Gasteiger partial charge >= 0.3 is 0 Å². The van der Waals surface area contributed by atoms with Gasteiger partial charge in [-0.15, -0.1) is 0 Å². The van der Waals surface area contributed by atoms with Crippen molar-refractivity contribution in [1.29, 1.82) is 0 Å². The Kier molecular flexibility index (Phi) is 4.29. The van der Waals surface area contributed by atoms with E-state index >= 15 is 0 Å². The quantitative estimate of drug-likeness (QED) is 0.682. The second kappa shape index (κ2) is 6.20. The van der Waals surface area contributed by atoms with Gasteiger partial charge in [-0.25, -0.2) is 4.39 Å². The van der Waals surface area contributed by atoms with Crippen molar-refractivity contribution < 1.29 is 9.18 Å². The van der Waals surface area contributed by atoms with Crippen LogP contribution in [0, 0.1) is 5.82 Å². The van der Waals surface area contributed by atoms with Crippen LogP contribution >= 0.6 is 12.2 Å². The lowest BCUT2D eigenvalue weighted by molar-refractivity contribution is 0.101. The van der Waals surface area contributed by atoms with Gasteiger partial charge in [-0.2, -0.15) is 0 Å². The van der Waals surface area contributed by atoms with E-state index in [1.165, 1.54) is 25.8 Å². The average molecular weight is 321 g/mol. The molecule has 0 atom stereocenters. The third-order valence-corrected chi connectivity index (χ3v) is 4.54. The van der Waals surface area contributed by atoms with E-state index < -0.39 is 0 Å². The summed E-state index contributed by atoms with van der Waals surface area (Å²) in [5.74, 6) is -0.452. The number of carbonyl (C=O) groups is 1. The molecule has 2 fully saturated rings. The molecule has 1 N–H and O–H groups in total. The minimum absolute atomic E-state index is 0.119. The predicted octanol–water partition coefficient (Wildman–Crippen LogP) is 2.19. The van der Waals surface area contributed by atoms with E-state index in [0.717, 1.165) is 31.3 Å². The van der Waals surface area contributed by atoms with Crippen LogP contribution in [0.25, 0.3) is 0 Å². The zero-order chi connectivity index (χ0) is 15.7. The number of nitrogens with zero attached hydrogens (tertiary/aromatic N) is 2. The number of thiocarbonyl (C=S) groups is 1. The van der Waals surface area contributed by atoms with Crippen molar-refractivity contribution in [2.24, 2.45) is 0 Å². The third-order valence-electron chi connectivity index (χ3n) is 4.17. The van der Waals surface area contributed by atoms with Gasteiger partial charge < -0.3 is 15.1 Å². The van der Waals surface area contributed by atoms with Crippen LogP contribution in [0.2, 0.25) is 0 Å². The zero-order valence-corrected chi connectivity index (χ0v) is 13.5. The first kappa shape index (κ1) is 15.2. The largest absolute Gasteiger partial charge is 0.366 e. The number of hydrogen-bond acceptors (Lipinski definition) is 3. The van der Waals surface area contributed by atoms with Crippen molar-refractivity contribution >= 4 is 28.8 Å². The minimum Gasteiger partial charge on any atom is -0.366 e. The van der Waals surface area contributed by atoms with Gasteiger partial charge in [0.25, 0.3) is 0 Å². The summed E-state index contributed by atoms with van der Waals surface area (Å²) in [4.78, 5) is 15.4. The fourth-order valence-electron chi connectivity index (χ4n) is 2.63. The SMILES string of the molecule is CC(=O)c1ccc(N2CCN(C(=S)NC3CC3)CC2)c(F)c1. The molecular formula is C16H20FN3OS. The van der Waals surface area contributed by atoms with E-state index in [2.05, 4.69) is 10.2 Å². The van der Waals surface area contributed by atoms with Gasteiger partial charge in [0.1, 0.15) is 5.82 Å². The highest BCUT2D eigenvalue weighted by Gasteiger charge is 2.26. The molecule has 0 radical (unpaired) electrons. The van der Waals surface area contributed by atoms with Crippen LogP contribution in [0.4, 0.5) is 10.1 Å². The van der Waals surface area contributed by atoms with Gasteiger partial charge in [-0.3, -0.25) is 4.79 Å². The Morgan fingerprint density at radius 2 is 1.95 bits per heavy atom. The van der Waals surface area contributed by atoms with Crippen LogP contribution in [0.15, 0.2) is 18.2 Å². The van der Waals surface area contributed by atoms with Gasteiger partial charge in [0, 0.05) is 37.8 Å². The van der Waals surface area contributed by atoms with E-state index in [9.17, 15) is 9.18 Å². The lowest BCUT2D eigenvalue weighted by Crippen LogP contribution is -2.52. The van der Waals surface area contributed by atoms with Crippen LogP contribution < -0.4 is 10.2 Å². The van der Waals surface area contributed by atoms with Crippen molar-refractivity contribution in [2.45, 2.75) is 25.8 Å². The van der Waals surface area contributed by atoms with Crippen molar-refractivity contribution in [1.82, 2.24) is 10.2 Å². The van der Waals surface area contributed by atoms with E-state index in [1.807, 2.05) is 4.90 Å². The Hall–Kier alpha value is -1.69. The summed E-state index contributed by atoms with van der Waals surface area (Å²) >= 11 is 5.40. The minimum atomic E-state index is -0.333. The summed E-state index contributed by atoms with van der Waals surface area (Å²) in [6.07, 6.45) is 2.40. The maximum Gasteiger partial charge on any atom is 0.169 e. The second-order valence-corrected chi connectivity index (χ2v) is 6.31. The molecule has 6 heteroatoms. The molecule has 4 nitrogen and oxygen atoms in total. The molecule has 1 saturated heterocycles. The molecule has 22 heavy (non-hydrogen) atoms. The molecule has 3 rings (SSSR count). The molecule has 1 aromatic rings. The summed E-state index contributed by atoms with van der Waals surface area (Å²) in [5.41, 5.74) is 0.973. The number of hydrogen-bond donors (Lipinski definition) is 1. The molecular weight excluding hydrogens is 301 g/mol. The van der Waals surface area contributed by atoms with Crippen molar-refractivity contribution in [3.05, 3.63) is 29.6 Å². The van der Waals surface area contributed by atoms with Gasteiger partial charge in [0.2, 0.25) is 0 Å². The fraction of sp³-hybridized carbons (Fsp3) is 0.500. The standard InChI is InChI=1S/C16H20FN3OS/c1-11(21)12-2-5-15(14(17)10-12)19-6-8-20(9-7-19)16(22)18-13-3-4-13/h2,5,10,13H,3-4,6-9H2,1H3,(H,18,22). The molecule has 1 saturated carbocycles. The normalized spacial score (nSPS) is 18.3. The summed E-state index contributed by atoms with van der Waals surface area (Å²) in [5, 5.41) is 4.15. The number of benzene rings is 1. The summed E-state index contributed by atoms with van der Waals surface area (Å²) in [6, 6.07) is 5.26. The van der Waals surface area contributed by atoms with E-state index in [-0.39, 0.29) is 11.6 Å².